The zero-order valence-corrected chi connectivity index (χ0v) is 11.9. The Morgan fingerprint density at radius 2 is 1.88 bits per heavy atom. The van der Waals surface area contributed by atoms with Crippen LogP contribution in [0.1, 0.15) is 60.3 Å². The molecule has 0 aromatic carbocycles. The van der Waals surface area contributed by atoms with Gasteiger partial charge in [0.05, 0.1) is 0 Å². The summed E-state index contributed by atoms with van der Waals surface area (Å²) < 4.78 is 0. The summed E-state index contributed by atoms with van der Waals surface area (Å²) >= 11 is 0. The van der Waals surface area contributed by atoms with Crippen LogP contribution in [0.25, 0.3) is 0 Å². The van der Waals surface area contributed by atoms with E-state index >= 15 is 0 Å². The van der Waals surface area contributed by atoms with E-state index in [0.717, 1.165) is 23.7 Å². The SMILES string of the molecule is CCC(C)C1CC(C)CCC1CNC(C)C. The summed E-state index contributed by atoms with van der Waals surface area (Å²) in [7, 11) is 0. The summed E-state index contributed by atoms with van der Waals surface area (Å²) in [6.07, 6.45) is 5.68. The average Bonchev–Trinajstić information content (AvgIpc) is 2.26. The van der Waals surface area contributed by atoms with E-state index in [0.29, 0.717) is 6.04 Å². The number of hydrogen-bond donors (Lipinski definition) is 1. The van der Waals surface area contributed by atoms with Gasteiger partial charge in [0.1, 0.15) is 0 Å². The van der Waals surface area contributed by atoms with E-state index in [1.54, 1.807) is 0 Å². The Hall–Kier alpha value is -0.0400. The molecule has 16 heavy (non-hydrogen) atoms. The van der Waals surface area contributed by atoms with Crippen LogP contribution in [0, 0.1) is 23.7 Å². The van der Waals surface area contributed by atoms with Crippen LogP contribution < -0.4 is 5.32 Å². The minimum Gasteiger partial charge on any atom is -0.314 e. The summed E-state index contributed by atoms with van der Waals surface area (Å²) in [4.78, 5) is 0. The fourth-order valence-electron chi connectivity index (χ4n) is 3.13. The van der Waals surface area contributed by atoms with Gasteiger partial charge in [-0.3, -0.25) is 0 Å². The minimum atomic E-state index is 0.636. The van der Waals surface area contributed by atoms with Crippen LogP contribution in [0.15, 0.2) is 0 Å². The van der Waals surface area contributed by atoms with Crippen molar-refractivity contribution in [3.63, 3.8) is 0 Å². The topological polar surface area (TPSA) is 12.0 Å². The highest BCUT2D eigenvalue weighted by Crippen LogP contribution is 2.38. The molecule has 1 rings (SSSR count). The fourth-order valence-corrected chi connectivity index (χ4v) is 3.13. The van der Waals surface area contributed by atoms with Crippen molar-refractivity contribution in [1.82, 2.24) is 5.32 Å². The molecule has 0 spiro atoms. The van der Waals surface area contributed by atoms with Crippen LogP contribution >= 0.6 is 0 Å². The van der Waals surface area contributed by atoms with Crippen molar-refractivity contribution in [2.24, 2.45) is 23.7 Å². The molecule has 1 heteroatoms. The number of hydrogen-bond acceptors (Lipinski definition) is 1. The lowest BCUT2D eigenvalue weighted by Gasteiger charge is -2.39. The largest absolute Gasteiger partial charge is 0.314 e. The van der Waals surface area contributed by atoms with Crippen molar-refractivity contribution >= 4 is 0 Å². The smallest absolute Gasteiger partial charge is 0.00104 e. The van der Waals surface area contributed by atoms with Crippen LogP contribution in [-0.4, -0.2) is 12.6 Å². The molecule has 1 fully saturated rings. The molecule has 0 amide bonds. The summed E-state index contributed by atoms with van der Waals surface area (Å²) in [5.74, 6) is 3.74. The van der Waals surface area contributed by atoms with Crippen LogP contribution in [0.4, 0.5) is 0 Å². The highest BCUT2D eigenvalue weighted by molar-refractivity contribution is 4.83. The quantitative estimate of drug-likeness (QED) is 0.743. The average molecular weight is 225 g/mol. The Labute approximate surface area is 102 Å². The zero-order valence-electron chi connectivity index (χ0n) is 11.9. The van der Waals surface area contributed by atoms with Crippen LogP contribution in [-0.2, 0) is 0 Å². The van der Waals surface area contributed by atoms with Gasteiger partial charge in [0, 0.05) is 6.04 Å². The van der Waals surface area contributed by atoms with Gasteiger partial charge in [-0.2, -0.15) is 0 Å². The summed E-state index contributed by atoms with van der Waals surface area (Å²) in [5.41, 5.74) is 0. The maximum absolute atomic E-state index is 3.64. The van der Waals surface area contributed by atoms with Gasteiger partial charge in [-0.15, -0.1) is 0 Å². The lowest BCUT2D eigenvalue weighted by atomic mass is 9.69. The Kier molecular flexibility index (Phi) is 5.82. The van der Waals surface area contributed by atoms with Crippen LogP contribution in [0.2, 0.25) is 0 Å². The lowest BCUT2D eigenvalue weighted by molar-refractivity contribution is 0.128. The molecule has 4 atom stereocenters. The summed E-state index contributed by atoms with van der Waals surface area (Å²) in [6, 6.07) is 0.636. The molecule has 1 saturated carbocycles. The molecule has 0 aromatic rings. The van der Waals surface area contributed by atoms with E-state index in [4.69, 9.17) is 0 Å². The molecule has 0 aliphatic heterocycles. The van der Waals surface area contributed by atoms with E-state index in [2.05, 4.69) is 39.9 Å². The van der Waals surface area contributed by atoms with E-state index in [9.17, 15) is 0 Å². The molecule has 1 aliphatic rings. The standard InChI is InChI=1S/C15H31N/c1-6-13(5)15-9-12(4)7-8-14(15)10-16-11(2)3/h11-16H,6-10H2,1-5H3. The maximum atomic E-state index is 3.64. The Bertz CT molecular complexity index is 188. The van der Waals surface area contributed by atoms with Gasteiger partial charge in [-0.05, 0) is 43.1 Å². The molecule has 96 valence electrons. The van der Waals surface area contributed by atoms with Crippen molar-refractivity contribution < 1.29 is 0 Å². The zero-order chi connectivity index (χ0) is 12.1. The third-order valence-electron chi connectivity index (χ3n) is 4.47. The van der Waals surface area contributed by atoms with E-state index in [1.165, 1.54) is 32.2 Å². The fraction of sp³-hybridized carbons (Fsp3) is 1.00. The molecule has 0 aromatic heterocycles. The van der Waals surface area contributed by atoms with Gasteiger partial charge in [0.25, 0.3) is 0 Å². The molecular weight excluding hydrogens is 194 g/mol. The molecule has 4 unspecified atom stereocenters. The Balaban J connectivity index is 2.50. The first kappa shape index (κ1) is 14.0. The monoisotopic (exact) mass is 225 g/mol. The van der Waals surface area contributed by atoms with Gasteiger partial charge in [-0.25, -0.2) is 0 Å². The predicted molar refractivity (Wildman–Crippen MR) is 72.6 cm³/mol. The van der Waals surface area contributed by atoms with Crippen molar-refractivity contribution in [2.75, 3.05) is 6.54 Å². The third kappa shape index (κ3) is 4.08. The first-order chi connectivity index (χ1) is 7.54. The molecule has 1 aliphatic carbocycles. The van der Waals surface area contributed by atoms with E-state index in [-0.39, 0.29) is 0 Å². The molecule has 0 saturated heterocycles. The van der Waals surface area contributed by atoms with Crippen LogP contribution in [0.5, 0.6) is 0 Å². The molecule has 0 heterocycles. The van der Waals surface area contributed by atoms with Crippen LogP contribution in [0.3, 0.4) is 0 Å². The van der Waals surface area contributed by atoms with Crippen molar-refractivity contribution in [3.8, 4) is 0 Å². The molecule has 0 bridgehead atoms. The first-order valence-corrected chi connectivity index (χ1v) is 7.27. The highest BCUT2D eigenvalue weighted by atomic mass is 14.9. The summed E-state index contributed by atoms with van der Waals surface area (Å²) in [5, 5.41) is 3.64. The van der Waals surface area contributed by atoms with Crippen molar-refractivity contribution in [2.45, 2.75) is 66.3 Å². The van der Waals surface area contributed by atoms with Crippen molar-refractivity contribution in [3.05, 3.63) is 0 Å². The second kappa shape index (κ2) is 6.64. The third-order valence-corrected chi connectivity index (χ3v) is 4.47. The molecule has 0 radical (unpaired) electrons. The maximum Gasteiger partial charge on any atom is 0.00104 e. The number of nitrogens with one attached hydrogen (secondary N) is 1. The minimum absolute atomic E-state index is 0.636. The second-order valence-corrected chi connectivity index (χ2v) is 6.29. The van der Waals surface area contributed by atoms with Gasteiger partial charge < -0.3 is 5.32 Å². The Morgan fingerprint density at radius 1 is 1.19 bits per heavy atom. The van der Waals surface area contributed by atoms with E-state index in [1.807, 2.05) is 0 Å². The molecule has 1 N–H and O–H groups in total. The number of rotatable bonds is 5. The summed E-state index contributed by atoms with van der Waals surface area (Å²) in [6.45, 7) is 13.0. The van der Waals surface area contributed by atoms with Gasteiger partial charge in [0.15, 0.2) is 0 Å². The van der Waals surface area contributed by atoms with Crippen molar-refractivity contribution in [1.29, 1.82) is 0 Å². The lowest BCUT2D eigenvalue weighted by Crippen LogP contribution is -2.37. The predicted octanol–water partition coefficient (Wildman–Crippen LogP) is 4.08. The molecule has 1 nitrogen and oxygen atoms in total. The first-order valence-electron chi connectivity index (χ1n) is 7.27. The normalized spacial score (nSPS) is 33.0. The van der Waals surface area contributed by atoms with Gasteiger partial charge in [0.2, 0.25) is 0 Å². The van der Waals surface area contributed by atoms with Gasteiger partial charge in [-0.1, -0.05) is 47.5 Å². The Morgan fingerprint density at radius 3 is 2.44 bits per heavy atom. The second-order valence-electron chi connectivity index (χ2n) is 6.29. The van der Waals surface area contributed by atoms with E-state index < -0.39 is 0 Å². The molecular formula is C15H31N. The van der Waals surface area contributed by atoms with Gasteiger partial charge >= 0.3 is 0 Å². The highest BCUT2D eigenvalue weighted by Gasteiger charge is 2.31.